The van der Waals surface area contributed by atoms with E-state index in [0.717, 1.165) is 31.1 Å². The highest BCUT2D eigenvalue weighted by Crippen LogP contribution is 2.35. The van der Waals surface area contributed by atoms with Crippen LogP contribution in [0.1, 0.15) is 42.9 Å². The van der Waals surface area contributed by atoms with Crippen molar-refractivity contribution in [1.29, 1.82) is 0 Å². The van der Waals surface area contributed by atoms with E-state index in [4.69, 9.17) is 22.1 Å². The molecular formula is C22H27F3N4O2S. The second-order valence-corrected chi connectivity index (χ2v) is 9.39. The number of likely N-dealkylation sites (tertiary alicyclic amines) is 1. The van der Waals surface area contributed by atoms with Crippen LogP contribution in [0.4, 0.5) is 18.9 Å². The van der Waals surface area contributed by atoms with Gasteiger partial charge in [-0.25, -0.2) is 9.97 Å². The maximum absolute atomic E-state index is 13.1. The first-order valence-corrected chi connectivity index (χ1v) is 11.1. The normalized spacial score (nSPS) is 22.4. The lowest BCUT2D eigenvalue weighted by Gasteiger charge is -2.42. The van der Waals surface area contributed by atoms with Crippen LogP contribution < -0.4 is 14.8 Å². The van der Waals surface area contributed by atoms with Gasteiger partial charge in [0, 0.05) is 35.3 Å². The first-order chi connectivity index (χ1) is 15.1. The van der Waals surface area contributed by atoms with E-state index in [1.807, 2.05) is 12.1 Å². The lowest BCUT2D eigenvalue weighted by molar-refractivity contribution is -0.141. The molecule has 0 aliphatic carbocycles. The number of nitrogens with one attached hydrogen (secondary N) is 1. The molecule has 174 valence electrons. The molecule has 2 aliphatic rings. The lowest BCUT2D eigenvalue weighted by atomic mass is 9.94. The summed E-state index contributed by atoms with van der Waals surface area (Å²) in [5.41, 5.74) is 0.715. The van der Waals surface area contributed by atoms with Crippen LogP contribution in [0.2, 0.25) is 0 Å². The summed E-state index contributed by atoms with van der Waals surface area (Å²) in [6.45, 7) is 6.66. The fourth-order valence-electron chi connectivity index (χ4n) is 4.17. The van der Waals surface area contributed by atoms with Crippen molar-refractivity contribution >= 4 is 18.3 Å². The van der Waals surface area contributed by atoms with E-state index in [0.29, 0.717) is 49.3 Å². The van der Waals surface area contributed by atoms with Gasteiger partial charge in [-0.05, 0) is 57.5 Å². The second-order valence-electron chi connectivity index (χ2n) is 8.44. The summed E-state index contributed by atoms with van der Waals surface area (Å²) in [6, 6.07) is 6.54. The molecule has 0 bridgehead atoms. The fraction of sp³-hybridized carbons (Fsp3) is 0.545. The molecule has 0 spiro atoms. The molecule has 2 aliphatic heterocycles. The van der Waals surface area contributed by atoms with Crippen molar-refractivity contribution in [3.05, 3.63) is 41.3 Å². The minimum Gasteiger partial charge on any atom is -0.484 e. The largest absolute Gasteiger partial charge is 0.484 e. The third-order valence-corrected chi connectivity index (χ3v) is 6.38. The molecule has 10 heteroatoms. The van der Waals surface area contributed by atoms with Crippen LogP contribution >= 0.6 is 12.6 Å². The predicted molar refractivity (Wildman–Crippen MR) is 119 cm³/mol. The number of hydrogen-bond acceptors (Lipinski definition) is 7. The highest BCUT2D eigenvalue weighted by molar-refractivity contribution is 7.81. The Balaban J connectivity index is 1.43. The first kappa shape index (κ1) is 23.0. The van der Waals surface area contributed by atoms with E-state index < -0.39 is 16.6 Å². The zero-order chi connectivity index (χ0) is 22.9. The topological polar surface area (TPSA) is 59.5 Å². The number of aryl methyl sites for hydroxylation is 1. The van der Waals surface area contributed by atoms with Crippen LogP contribution in [-0.4, -0.2) is 52.5 Å². The molecule has 6 nitrogen and oxygen atoms in total. The number of hydrogen-bond donors (Lipinski definition) is 2. The van der Waals surface area contributed by atoms with Gasteiger partial charge in [0.15, 0.2) is 5.75 Å². The van der Waals surface area contributed by atoms with E-state index in [1.54, 1.807) is 13.0 Å². The maximum atomic E-state index is 13.1. The molecule has 1 fully saturated rings. The zero-order valence-electron chi connectivity index (χ0n) is 18.1. The van der Waals surface area contributed by atoms with Gasteiger partial charge in [-0.3, -0.25) is 4.90 Å². The van der Waals surface area contributed by atoms with Gasteiger partial charge in [-0.1, -0.05) is 0 Å². The molecule has 0 amide bonds. The molecule has 4 rings (SSSR count). The molecule has 2 atom stereocenters. The zero-order valence-corrected chi connectivity index (χ0v) is 19.0. The van der Waals surface area contributed by atoms with Crippen molar-refractivity contribution < 1.29 is 22.6 Å². The number of piperidine rings is 1. The smallest absolute Gasteiger partial charge is 0.433 e. The van der Waals surface area contributed by atoms with Gasteiger partial charge < -0.3 is 14.8 Å². The number of halogens is 3. The molecule has 1 N–H and O–H groups in total. The van der Waals surface area contributed by atoms with Crippen LogP contribution in [0.3, 0.4) is 0 Å². The van der Waals surface area contributed by atoms with Crippen LogP contribution in [0.5, 0.6) is 11.6 Å². The quantitative estimate of drug-likeness (QED) is 0.630. The Bertz CT molecular complexity index is 975. The average Bonchev–Trinajstić information content (AvgIpc) is 2.76. The van der Waals surface area contributed by atoms with E-state index in [1.165, 1.54) is 0 Å². The number of ether oxygens (including phenoxy) is 2. The van der Waals surface area contributed by atoms with Gasteiger partial charge in [-0.15, -0.1) is 0 Å². The fourth-order valence-corrected chi connectivity index (χ4v) is 4.59. The molecular weight excluding hydrogens is 441 g/mol. The number of nitrogens with zero attached hydrogens (tertiary/aromatic N) is 3. The number of thiol groups is 1. The number of alkyl halides is 3. The highest BCUT2D eigenvalue weighted by Gasteiger charge is 2.36. The Kier molecular flexibility index (Phi) is 6.44. The van der Waals surface area contributed by atoms with Crippen LogP contribution in [0.15, 0.2) is 24.3 Å². The Morgan fingerprint density at radius 2 is 2.00 bits per heavy atom. The monoisotopic (exact) mass is 468 g/mol. The summed E-state index contributed by atoms with van der Waals surface area (Å²) in [7, 11) is 0. The molecule has 0 unspecified atom stereocenters. The number of rotatable bonds is 5. The summed E-state index contributed by atoms with van der Waals surface area (Å²) >= 11 is 4.93. The summed E-state index contributed by atoms with van der Waals surface area (Å²) in [6.07, 6.45) is -2.69. The summed E-state index contributed by atoms with van der Waals surface area (Å²) < 4.78 is 50.0. The summed E-state index contributed by atoms with van der Waals surface area (Å²) in [5, 5.41) is 3.15. The van der Waals surface area contributed by atoms with Gasteiger partial charge in [0.05, 0.1) is 5.69 Å². The molecule has 0 aromatic carbocycles. The van der Waals surface area contributed by atoms with Crippen LogP contribution in [-0.2, 0) is 6.18 Å². The van der Waals surface area contributed by atoms with Crippen molar-refractivity contribution in [3.63, 3.8) is 0 Å². The Hall–Kier alpha value is -2.20. The lowest BCUT2D eigenvalue weighted by Crippen LogP contribution is -2.49. The van der Waals surface area contributed by atoms with Gasteiger partial charge in [0.1, 0.15) is 18.9 Å². The average molecular weight is 469 g/mol. The highest BCUT2D eigenvalue weighted by atomic mass is 32.1. The van der Waals surface area contributed by atoms with Crippen molar-refractivity contribution in [2.75, 3.05) is 38.2 Å². The van der Waals surface area contributed by atoms with E-state index in [9.17, 15) is 13.2 Å². The number of fused-ring (bicyclic) bond motifs is 1. The Morgan fingerprint density at radius 1 is 1.22 bits per heavy atom. The second kappa shape index (κ2) is 8.97. The molecule has 2 aromatic heterocycles. The van der Waals surface area contributed by atoms with Crippen molar-refractivity contribution in [3.8, 4) is 11.6 Å². The van der Waals surface area contributed by atoms with Crippen molar-refractivity contribution in [2.45, 2.75) is 43.7 Å². The van der Waals surface area contributed by atoms with E-state index >= 15 is 0 Å². The third-order valence-electron chi connectivity index (χ3n) is 5.85. The van der Waals surface area contributed by atoms with Gasteiger partial charge in [0.25, 0.3) is 5.88 Å². The molecule has 0 radical (unpaired) electrons. The van der Waals surface area contributed by atoms with Crippen molar-refractivity contribution in [1.82, 2.24) is 14.9 Å². The molecule has 2 aromatic rings. The minimum absolute atomic E-state index is 0.0395. The van der Waals surface area contributed by atoms with Gasteiger partial charge >= 0.3 is 6.18 Å². The number of pyridine rings is 2. The SMILES string of the molecule is Cc1cc(NC[C@@]2(S)CCCN([C@@H](C)c3ccc4c(n3)OCCO4)C2)cc(C(F)(F)F)n1. The van der Waals surface area contributed by atoms with Crippen molar-refractivity contribution in [2.24, 2.45) is 0 Å². The Morgan fingerprint density at radius 3 is 2.78 bits per heavy atom. The van der Waals surface area contributed by atoms with Crippen LogP contribution in [0.25, 0.3) is 0 Å². The summed E-state index contributed by atoms with van der Waals surface area (Å²) in [4.78, 5) is 10.5. The van der Waals surface area contributed by atoms with Crippen LogP contribution in [0, 0.1) is 6.92 Å². The summed E-state index contributed by atoms with van der Waals surface area (Å²) in [5.74, 6) is 1.18. The van der Waals surface area contributed by atoms with E-state index in [2.05, 4.69) is 27.1 Å². The number of aromatic nitrogens is 2. The first-order valence-electron chi connectivity index (χ1n) is 10.7. The third kappa shape index (κ3) is 5.23. The molecule has 4 heterocycles. The van der Waals surface area contributed by atoms with Gasteiger partial charge in [0.2, 0.25) is 0 Å². The molecule has 0 saturated carbocycles. The standard InChI is InChI=1S/C22H27F3N4O2S/c1-14-10-16(11-19(27-14)22(23,24)25)26-12-21(32)6-3-7-29(13-21)15(2)17-4-5-18-20(28-17)31-9-8-30-18/h4-5,10-11,15,32H,3,6-9,12-13H2,1-2H3,(H,26,27)/t15-,21-/m0/s1. The Labute approximate surface area is 190 Å². The molecule has 32 heavy (non-hydrogen) atoms. The molecule has 1 saturated heterocycles. The maximum Gasteiger partial charge on any atom is 0.433 e. The van der Waals surface area contributed by atoms with E-state index in [-0.39, 0.29) is 6.04 Å². The van der Waals surface area contributed by atoms with Gasteiger partial charge in [-0.2, -0.15) is 25.8 Å². The number of anilines is 1. The minimum atomic E-state index is -4.48. The predicted octanol–water partition coefficient (Wildman–Crippen LogP) is 4.51.